The van der Waals surface area contributed by atoms with Gasteiger partial charge in [-0.3, -0.25) is 4.79 Å². The second-order valence-electron chi connectivity index (χ2n) is 7.27. The first-order chi connectivity index (χ1) is 10.5. The smallest absolute Gasteiger partial charge is 0.394 e. The molecule has 0 aromatic rings. The van der Waals surface area contributed by atoms with Crippen LogP contribution in [-0.2, 0) is 4.79 Å². The third-order valence-corrected chi connectivity index (χ3v) is 5.25. The van der Waals surface area contributed by atoms with Gasteiger partial charge in [0.15, 0.2) is 0 Å². The number of hydrogen-bond donors (Lipinski definition) is 2. The Labute approximate surface area is 133 Å². The predicted molar refractivity (Wildman–Crippen MR) is 76.8 cm³/mol. The molecule has 2 N–H and O–H groups in total. The van der Waals surface area contributed by atoms with Gasteiger partial charge in [0.2, 0.25) is 0 Å². The molecule has 0 unspecified atom stereocenters. The zero-order chi connectivity index (χ0) is 17.4. The Bertz CT molecular complexity index is 475. The molecule has 1 aliphatic heterocycles. The van der Waals surface area contributed by atoms with E-state index in [1.807, 2.05) is 13.8 Å². The number of alkyl halides is 3. The van der Waals surface area contributed by atoms with Crippen molar-refractivity contribution >= 4 is 12.0 Å². The molecule has 0 aromatic heterocycles. The highest BCUT2D eigenvalue weighted by Gasteiger charge is 2.53. The number of nitrogens with one attached hydrogen (secondary N) is 1. The van der Waals surface area contributed by atoms with Gasteiger partial charge in [0.05, 0.1) is 11.8 Å². The number of carbonyl (C=O) groups is 2. The summed E-state index contributed by atoms with van der Waals surface area (Å²) < 4.78 is 38.8. The average molecular weight is 336 g/mol. The number of carbonyl (C=O) groups excluding carboxylic acids is 1. The van der Waals surface area contributed by atoms with E-state index in [0.29, 0.717) is 12.5 Å². The Morgan fingerprint density at radius 2 is 1.83 bits per heavy atom. The lowest BCUT2D eigenvalue weighted by molar-refractivity contribution is -0.187. The third-order valence-electron chi connectivity index (χ3n) is 5.25. The van der Waals surface area contributed by atoms with Crippen LogP contribution in [0.3, 0.4) is 0 Å². The predicted octanol–water partition coefficient (Wildman–Crippen LogP) is 2.72. The van der Waals surface area contributed by atoms with E-state index < -0.39 is 43.1 Å². The first kappa shape index (κ1) is 17.9. The standard InChI is InChI=1S/C15H23F3N2O3/c1-14(2,9-4-3-5-9)8-19-13(23)20-6-10(12(21)22)11(7-20)15(16,17)18/h9-11H,3-8H2,1-2H3,(H,19,23)(H,21,22)/t10-,11-/m1/s1. The number of rotatable bonds is 4. The topological polar surface area (TPSA) is 69.6 Å². The number of nitrogens with zero attached hydrogens (tertiary/aromatic N) is 1. The van der Waals surface area contributed by atoms with Gasteiger partial charge in [-0.1, -0.05) is 20.3 Å². The summed E-state index contributed by atoms with van der Waals surface area (Å²) >= 11 is 0. The van der Waals surface area contributed by atoms with Crippen LogP contribution in [-0.4, -0.2) is 47.8 Å². The minimum atomic E-state index is -4.62. The number of carboxylic acid groups (broad SMARTS) is 1. The summed E-state index contributed by atoms with van der Waals surface area (Å²) in [5.74, 6) is -4.61. The molecular weight excluding hydrogens is 313 g/mol. The van der Waals surface area contributed by atoms with Gasteiger partial charge in [-0.15, -0.1) is 0 Å². The minimum absolute atomic E-state index is 0.108. The maximum Gasteiger partial charge on any atom is 0.394 e. The monoisotopic (exact) mass is 336 g/mol. The molecule has 1 saturated carbocycles. The number of amides is 2. The number of carboxylic acids is 1. The SMILES string of the molecule is CC(C)(CNC(=O)N1C[C@@H](C(F)(F)F)[C@H](C(=O)O)C1)C1CCC1. The fraction of sp³-hybridized carbons (Fsp3) is 0.867. The number of hydrogen-bond acceptors (Lipinski definition) is 2. The molecule has 0 bridgehead atoms. The molecule has 2 aliphatic rings. The van der Waals surface area contributed by atoms with Crippen LogP contribution in [0.4, 0.5) is 18.0 Å². The molecule has 0 spiro atoms. The van der Waals surface area contributed by atoms with Crippen LogP contribution in [0.25, 0.3) is 0 Å². The molecule has 0 radical (unpaired) electrons. The summed E-state index contributed by atoms with van der Waals surface area (Å²) in [7, 11) is 0. The highest BCUT2D eigenvalue weighted by Crippen LogP contribution is 2.41. The van der Waals surface area contributed by atoms with Gasteiger partial charge in [-0.25, -0.2) is 4.79 Å². The summed E-state index contributed by atoms with van der Waals surface area (Å²) in [5.41, 5.74) is -0.108. The Kier molecular flexibility index (Phi) is 4.82. The first-order valence-corrected chi connectivity index (χ1v) is 7.84. The molecule has 0 aromatic carbocycles. The van der Waals surface area contributed by atoms with E-state index in [4.69, 9.17) is 5.11 Å². The summed E-state index contributed by atoms with van der Waals surface area (Å²) in [6, 6.07) is -0.615. The number of likely N-dealkylation sites (tertiary alicyclic amines) is 1. The van der Waals surface area contributed by atoms with Crippen molar-refractivity contribution in [1.82, 2.24) is 10.2 Å². The fourth-order valence-corrected chi connectivity index (χ4v) is 3.30. The van der Waals surface area contributed by atoms with Crippen LogP contribution in [0.2, 0.25) is 0 Å². The zero-order valence-corrected chi connectivity index (χ0v) is 13.3. The third kappa shape index (κ3) is 3.90. The fourth-order valence-electron chi connectivity index (χ4n) is 3.30. The largest absolute Gasteiger partial charge is 0.481 e. The Morgan fingerprint density at radius 3 is 2.22 bits per heavy atom. The van der Waals surface area contributed by atoms with E-state index >= 15 is 0 Å². The molecule has 2 fully saturated rings. The van der Waals surface area contributed by atoms with Crippen molar-refractivity contribution in [2.45, 2.75) is 39.3 Å². The first-order valence-electron chi connectivity index (χ1n) is 7.84. The van der Waals surface area contributed by atoms with Gasteiger partial charge in [0, 0.05) is 19.6 Å². The van der Waals surface area contributed by atoms with Crippen molar-refractivity contribution in [2.75, 3.05) is 19.6 Å². The van der Waals surface area contributed by atoms with E-state index in [2.05, 4.69) is 5.32 Å². The van der Waals surface area contributed by atoms with Crippen LogP contribution >= 0.6 is 0 Å². The van der Waals surface area contributed by atoms with Gasteiger partial charge in [-0.2, -0.15) is 13.2 Å². The summed E-state index contributed by atoms with van der Waals surface area (Å²) in [5, 5.41) is 11.6. The van der Waals surface area contributed by atoms with Crippen LogP contribution in [0.15, 0.2) is 0 Å². The number of aliphatic carboxylic acids is 1. The van der Waals surface area contributed by atoms with Crippen LogP contribution in [0.1, 0.15) is 33.1 Å². The Hall–Kier alpha value is -1.47. The van der Waals surface area contributed by atoms with Crippen molar-refractivity contribution in [3.05, 3.63) is 0 Å². The highest BCUT2D eigenvalue weighted by atomic mass is 19.4. The lowest BCUT2D eigenvalue weighted by atomic mass is 9.67. The molecule has 1 saturated heterocycles. The molecule has 132 valence electrons. The molecular formula is C15H23F3N2O3. The van der Waals surface area contributed by atoms with Crippen molar-refractivity contribution in [3.8, 4) is 0 Å². The number of halogens is 3. The molecule has 2 atom stereocenters. The van der Waals surface area contributed by atoms with E-state index in [9.17, 15) is 22.8 Å². The number of urea groups is 1. The zero-order valence-electron chi connectivity index (χ0n) is 13.3. The molecule has 2 rings (SSSR count). The van der Waals surface area contributed by atoms with Crippen molar-refractivity contribution in [3.63, 3.8) is 0 Å². The van der Waals surface area contributed by atoms with Gasteiger partial charge in [0.1, 0.15) is 0 Å². The van der Waals surface area contributed by atoms with E-state index in [0.717, 1.165) is 17.7 Å². The summed E-state index contributed by atoms with van der Waals surface area (Å²) in [6.45, 7) is 3.42. The second kappa shape index (κ2) is 6.20. The molecule has 23 heavy (non-hydrogen) atoms. The molecule has 8 heteroatoms. The van der Waals surface area contributed by atoms with E-state index in [-0.39, 0.29) is 5.41 Å². The van der Waals surface area contributed by atoms with Gasteiger partial charge >= 0.3 is 18.2 Å². The quantitative estimate of drug-likeness (QED) is 0.829. The second-order valence-corrected chi connectivity index (χ2v) is 7.27. The van der Waals surface area contributed by atoms with Crippen LogP contribution in [0, 0.1) is 23.2 Å². The lowest BCUT2D eigenvalue weighted by Gasteiger charge is -2.40. The molecule has 1 aliphatic carbocycles. The van der Waals surface area contributed by atoms with Gasteiger partial charge in [-0.05, 0) is 24.2 Å². The van der Waals surface area contributed by atoms with Crippen LogP contribution < -0.4 is 5.32 Å². The maximum atomic E-state index is 12.9. The summed E-state index contributed by atoms with van der Waals surface area (Å²) in [6.07, 6.45) is -1.25. The lowest BCUT2D eigenvalue weighted by Crippen LogP contribution is -2.46. The highest BCUT2D eigenvalue weighted by molar-refractivity contribution is 5.77. The van der Waals surface area contributed by atoms with E-state index in [1.165, 1.54) is 6.42 Å². The Morgan fingerprint density at radius 1 is 1.22 bits per heavy atom. The minimum Gasteiger partial charge on any atom is -0.481 e. The van der Waals surface area contributed by atoms with E-state index in [1.54, 1.807) is 0 Å². The summed E-state index contributed by atoms with van der Waals surface area (Å²) in [4.78, 5) is 24.1. The molecule has 5 nitrogen and oxygen atoms in total. The normalized spacial score (nSPS) is 26.0. The van der Waals surface area contributed by atoms with Crippen molar-refractivity contribution in [2.24, 2.45) is 23.2 Å². The van der Waals surface area contributed by atoms with Gasteiger partial charge in [0.25, 0.3) is 0 Å². The van der Waals surface area contributed by atoms with Crippen molar-refractivity contribution < 1.29 is 27.9 Å². The average Bonchev–Trinajstić information content (AvgIpc) is 2.78. The Balaban J connectivity index is 1.93. The van der Waals surface area contributed by atoms with Gasteiger partial charge < -0.3 is 15.3 Å². The molecule has 2 amide bonds. The molecule has 1 heterocycles. The van der Waals surface area contributed by atoms with Crippen LogP contribution in [0.5, 0.6) is 0 Å². The van der Waals surface area contributed by atoms with Crippen molar-refractivity contribution in [1.29, 1.82) is 0 Å². The maximum absolute atomic E-state index is 12.9.